The van der Waals surface area contributed by atoms with Gasteiger partial charge in [-0.15, -0.1) is 0 Å². The first-order valence-corrected chi connectivity index (χ1v) is 10.6. The molecular formula is C22H27F3N4O2. The molecule has 1 saturated carbocycles. The molecule has 0 radical (unpaired) electrons. The highest BCUT2D eigenvalue weighted by atomic mass is 19.4. The number of aromatic nitrogens is 2. The SMILES string of the molecule is CCCCNC(=O)C1(NC(=O)c2ccc(-n3ccc(C(F)(F)F)n3)cc2)CCCCC1. The molecule has 2 amide bonds. The molecule has 1 aromatic heterocycles. The van der Waals surface area contributed by atoms with Crippen LogP contribution in [0.2, 0.25) is 0 Å². The van der Waals surface area contributed by atoms with Gasteiger partial charge in [-0.1, -0.05) is 32.6 Å². The number of halogens is 3. The number of carbonyl (C=O) groups excluding carboxylic acids is 2. The highest BCUT2D eigenvalue weighted by Gasteiger charge is 2.40. The minimum absolute atomic E-state index is 0.151. The van der Waals surface area contributed by atoms with Gasteiger partial charge in [0.25, 0.3) is 5.91 Å². The molecular weight excluding hydrogens is 409 g/mol. The van der Waals surface area contributed by atoms with E-state index in [2.05, 4.69) is 15.7 Å². The molecule has 0 spiro atoms. The predicted molar refractivity (Wildman–Crippen MR) is 110 cm³/mol. The van der Waals surface area contributed by atoms with Crippen molar-refractivity contribution in [2.75, 3.05) is 6.54 Å². The fraction of sp³-hybridized carbons (Fsp3) is 0.500. The van der Waals surface area contributed by atoms with Crippen molar-refractivity contribution in [3.05, 3.63) is 47.8 Å². The van der Waals surface area contributed by atoms with Crippen LogP contribution in [0.5, 0.6) is 0 Å². The van der Waals surface area contributed by atoms with Crippen LogP contribution in [0.1, 0.15) is 67.9 Å². The summed E-state index contributed by atoms with van der Waals surface area (Å²) >= 11 is 0. The van der Waals surface area contributed by atoms with Gasteiger partial charge >= 0.3 is 6.18 Å². The van der Waals surface area contributed by atoms with E-state index in [1.165, 1.54) is 30.5 Å². The number of rotatable bonds is 7. The third kappa shape index (κ3) is 5.45. The first kappa shape index (κ1) is 22.8. The Bertz CT molecular complexity index is 900. The molecule has 0 unspecified atom stereocenters. The molecule has 0 bridgehead atoms. The highest BCUT2D eigenvalue weighted by Crippen LogP contribution is 2.30. The average Bonchev–Trinajstić information content (AvgIpc) is 3.25. The lowest BCUT2D eigenvalue weighted by Crippen LogP contribution is -2.59. The van der Waals surface area contributed by atoms with E-state index in [-0.39, 0.29) is 11.8 Å². The van der Waals surface area contributed by atoms with Gasteiger partial charge in [-0.3, -0.25) is 9.59 Å². The number of carbonyl (C=O) groups is 2. The quantitative estimate of drug-likeness (QED) is 0.638. The largest absolute Gasteiger partial charge is 0.435 e. The summed E-state index contributed by atoms with van der Waals surface area (Å²) in [5, 5.41) is 9.40. The Labute approximate surface area is 179 Å². The highest BCUT2D eigenvalue weighted by molar-refractivity contribution is 5.99. The molecule has 1 fully saturated rings. The van der Waals surface area contributed by atoms with Gasteiger partial charge in [0, 0.05) is 18.3 Å². The molecule has 1 aliphatic rings. The summed E-state index contributed by atoms with van der Waals surface area (Å²) in [5.41, 5.74) is -1.18. The van der Waals surface area contributed by atoms with E-state index < -0.39 is 17.4 Å². The standard InChI is InChI=1S/C22H27F3N4O2/c1-2-3-14-26-20(31)21(12-5-4-6-13-21)27-19(30)16-7-9-17(10-8-16)29-15-11-18(28-29)22(23,24)25/h7-11,15H,2-6,12-14H2,1H3,(H,26,31)(H,27,30). The second kappa shape index (κ2) is 9.53. The molecule has 1 aliphatic carbocycles. The number of benzene rings is 1. The van der Waals surface area contributed by atoms with E-state index in [4.69, 9.17) is 0 Å². The van der Waals surface area contributed by atoms with Crippen LogP contribution in [0.4, 0.5) is 13.2 Å². The van der Waals surface area contributed by atoms with Gasteiger partial charge in [-0.2, -0.15) is 18.3 Å². The molecule has 0 atom stereocenters. The number of unbranched alkanes of at least 4 members (excludes halogenated alkanes) is 1. The van der Waals surface area contributed by atoms with Gasteiger partial charge in [0.2, 0.25) is 5.91 Å². The Balaban J connectivity index is 1.72. The van der Waals surface area contributed by atoms with Crippen molar-refractivity contribution in [3.63, 3.8) is 0 Å². The van der Waals surface area contributed by atoms with Crippen molar-refractivity contribution in [2.45, 2.75) is 63.6 Å². The first-order chi connectivity index (χ1) is 14.7. The van der Waals surface area contributed by atoms with Gasteiger partial charge < -0.3 is 10.6 Å². The van der Waals surface area contributed by atoms with Gasteiger partial charge in [-0.05, 0) is 49.6 Å². The number of amides is 2. The summed E-state index contributed by atoms with van der Waals surface area (Å²) < 4.78 is 39.3. The molecule has 0 aliphatic heterocycles. The van der Waals surface area contributed by atoms with Gasteiger partial charge in [0.15, 0.2) is 5.69 Å². The third-order valence-corrected chi connectivity index (χ3v) is 5.58. The number of nitrogens with one attached hydrogen (secondary N) is 2. The Morgan fingerprint density at radius 3 is 2.35 bits per heavy atom. The minimum Gasteiger partial charge on any atom is -0.354 e. The van der Waals surface area contributed by atoms with Crippen molar-refractivity contribution in [1.29, 1.82) is 0 Å². The second-order valence-corrected chi connectivity index (χ2v) is 7.90. The lowest BCUT2D eigenvalue weighted by Gasteiger charge is -2.36. The maximum absolute atomic E-state index is 12.9. The van der Waals surface area contributed by atoms with Gasteiger partial charge in [0.1, 0.15) is 5.54 Å². The van der Waals surface area contributed by atoms with Crippen LogP contribution in [-0.4, -0.2) is 33.7 Å². The van der Waals surface area contributed by atoms with Crippen LogP contribution in [0.25, 0.3) is 5.69 Å². The molecule has 1 aromatic carbocycles. The van der Waals surface area contributed by atoms with Crippen molar-refractivity contribution in [3.8, 4) is 5.69 Å². The van der Waals surface area contributed by atoms with Crippen LogP contribution < -0.4 is 10.6 Å². The molecule has 2 N–H and O–H groups in total. The van der Waals surface area contributed by atoms with Crippen LogP contribution in [0.15, 0.2) is 36.5 Å². The Kier molecular flexibility index (Phi) is 7.02. The molecule has 2 aromatic rings. The van der Waals surface area contributed by atoms with Gasteiger partial charge in [0.05, 0.1) is 5.69 Å². The lowest BCUT2D eigenvalue weighted by atomic mass is 9.80. The monoisotopic (exact) mass is 436 g/mol. The summed E-state index contributed by atoms with van der Waals surface area (Å²) in [4.78, 5) is 25.7. The molecule has 3 rings (SSSR count). The summed E-state index contributed by atoms with van der Waals surface area (Å²) in [6, 6.07) is 6.98. The van der Waals surface area contributed by atoms with E-state index in [0.29, 0.717) is 30.6 Å². The molecule has 1 heterocycles. The summed E-state index contributed by atoms with van der Waals surface area (Å²) in [7, 11) is 0. The smallest absolute Gasteiger partial charge is 0.354 e. The normalized spacial score (nSPS) is 16.0. The second-order valence-electron chi connectivity index (χ2n) is 7.90. The molecule has 9 heteroatoms. The molecule has 6 nitrogen and oxygen atoms in total. The van der Waals surface area contributed by atoms with Crippen molar-refractivity contribution in [2.24, 2.45) is 0 Å². The van der Waals surface area contributed by atoms with E-state index in [1.807, 2.05) is 6.92 Å². The summed E-state index contributed by atoms with van der Waals surface area (Å²) in [5.74, 6) is -0.530. The number of alkyl halides is 3. The molecule has 0 saturated heterocycles. The van der Waals surface area contributed by atoms with Crippen LogP contribution in [-0.2, 0) is 11.0 Å². The van der Waals surface area contributed by atoms with Crippen molar-refractivity contribution >= 4 is 11.8 Å². The predicted octanol–water partition coefficient (Wildman–Crippen LogP) is 4.24. The number of hydrogen-bond donors (Lipinski definition) is 2. The fourth-order valence-electron chi connectivity index (χ4n) is 3.79. The number of nitrogens with zero attached hydrogens (tertiary/aromatic N) is 2. The average molecular weight is 436 g/mol. The Morgan fingerprint density at radius 1 is 1.10 bits per heavy atom. The van der Waals surface area contributed by atoms with Crippen molar-refractivity contribution < 1.29 is 22.8 Å². The zero-order valence-corrected chi connectivity index (χ0v) is 17.5. The summed E-state index contributed by atoms with van der Waals surface area (Å²) in [6.07, 6.45) is 2.46. The van der Waals surface area contributed by atoms with Crippen LogP contribution in [0, 0.1) is 0 Å². The van der Waals surface area contributed by atoms with Crippen molar-refractivity contribution in [1.82, 2.24) is 20.4 Å². The van der Waals surface area contributed by atoms with Gasteiger partial charge in [-0.25, -0.2) is 4.68 Å². The zero-order valence-electron chi connectivity index (χ0n) is 17.5. The molecule has 168 valence electrons. The minimum atomic E-state index is -4.52. The maximum Gasteiger partial charge on any atom is 0.435 e. The summed E-state index contributed by atoms with van der Waals surface area (Å²) in [6.45, 7) is 2.62. The van der Waals surface area contributed by atoms with E-state index in [9.17, 15) is 22.8 Å². The number of hydrogen-bond acceptors (Lipinski definition) is 3. The lowest BCUT2D eigenvalue weighted by molar-refractivity contribution is -0.141. The molecule has 31 heavy (non-hydrogen) atoms. The van der Waals surface area contributed by atoms with Crippen LogP contribution in [0.3, 0.4) is 0 Å². The maximum atomic E-state index is 12.9. The first-order valence-electron chi connectivity index (χ1n) is 10.6. The van der Waals surface area contributed by atoms with E-state index in [0.717, 1.165) is 42.9 Å². The fourth-order valence-corrected chi connectivity index (χ4v) is 3.79. The Morgan fingerprint density at radius 2 is 1.77 bits per heavy atom. The van der Waals surface area contributed by atoms with E-state index >= 15 is 0 Å². The van der Waals surface area contributed by atoms with E-state index in [1.54, 1.807) is 0 Å². The zero-order chi connectivity index (χ0) is 22.5. The Hall–Kier alpha value is -2.84. The third-order valence-electron chi connectivity index (χ3n) is 5.58. The topological polar surface area (TPSA) is 76.0 Å². The van der Waals surface area contributed by atoms with Crippen LogP contribution >= 0.6 is 0 Å².